The van der Waals surface area contributed by atoms with E-state index < -0.39 is 5.97 Å². The lowest BCUT2D eigenvalue weighted by atomic mass is 10.1. The molecule has 0 saturated heterocycles. The fourth-order valence-electron chi connectivity index (χ4n) is 1.94. The van der Waals surface area contributed by atoms with Gasteiger partial charge in [0.25, 0.3) is 0 Å². The normalized spacial score (nSPS) is 10.6. The minimum Gasteiger partial charge on any atom is -0.478 e. The van der Waals surface area contributed by atoms with Crippen LogP contribution in [0.3, 0.4) is 0 Å². The number of hydrogen-bond acceptors (Lipinski definition) is 4. The van der Waals surface area contributed by atoms with Crippen LogP contribution in [0.5, 0.6) is 0 Å². The summed E-state index contributed by atoms with van der Waals surface area (Å²) in [6.45, 7) is 2.00. The average Bonchev–Trinajstić information content (AvgIpc) is 3.00. The number of aromatic nitrogens is 2. The molecular weight excluding hydrogens is 348 g/mol. The second kappa shape index (κ2) is 5.73. The van der Waals surface area contributed by atoms with E-state index >= 15 is 0 Å². The third-order valence-electron chi connectivity index (χ3n) is 3.22. The Morgan fingerprint density at radius 3 is 2.23 bits per heavy atom. The van der Waals surface area contributed by atoms with Gasteiger partial charge in [0.2, 0.25) is 11.8 Å². The molecule has 1 aromatic heterocycles. The summed E-state index contributed by atoms with van der Waals surface area (Å²) in [5.41, 5.74) is 2.83. The van der Waals surface area contributed by atoms with E-state index in [2.05, 4.69) is 26.1 Å². The van der Waals surface area contributed by atoms with Crippen LogP contribution in [-0.4, -0.2) is 21.3 Å². The van der Waals surface area contributed by atoms with Crippen molar-refractivity contribution in [3.05, 3.63) is 58.1 Å². The maximum Gasteiger partial charge on any atom is 0.335 e. The summed E-state index contributed by atoms with van der Waals surface area (Å²) in [5, 5.41) is 16.9. The average molecular weight is 359 g/mol. The van der Waals surface area contributed by atoms with Gasteiger partial charge in [-0.2, -0.15) is 0 Å². The molecule has 0 spiro atoms. The van der Waals surface area contributed by atoms with E-state index in [0.717, 1.165) is 15.6 Å². The summed E-state index contributed by atoms with van der Waals surface area (Å²) in [7, 11) is 0. The van der Waals surface area contributed by atoms with Crippen LogP contribution in [0.15, 0.2) is 51.4 Å². The Hall–Kier alpha value is -2.47. The van der Waals surface area contributed by atoms with Crippen LogP contribution in [0.2, 0.25) is 0 Å². The molecule has 0 radical (unpaired) electrons. The molecule has 22 heavy (non-hydrogen) atoms. The smallest absolute Gasteiger partial charge is 0.335 e. The molecule has 1 N–H and O–H groups in total. The van der Waals surface area contributed by atoms with E-state index in [0.29, 0.717) is 17.3 Å². The number of carboxylic acid groups (broad SMARTS) is 1. The number of halogens is 1. The van der Waals surface area contributed by atoms with Gasteiger partial charge < -0.3 is 9.52 Å². The summed E-state index contributed by atoms with van der Waals surface area (Å²) in [6.07, 6.45) is 0. The van der Waals surface area contributed by atoms with Crippen molar-refractivity contribution in [2.75, 3.05) is 0 Å². The van der Waals surface area contributed by atoms with Crippen molar-refractivity contribution in [1.29, 1.82) is 0 Å². The second-order valence-corrected chi connectivity index (χ2v) is 5.61. The summed E-state index contributed by atoms with van der Waals surface area (Å²) >= 11 is 3.47. The van der Waals surface area contributed by atoms with Crippen molar-refractivity contribution in [2.45, 2.75) is 6.92 Å². The fraction of sp³-hybridized carbons (Fsp3) is 0.0625. The lowest BCUT2D eigenvalue weighted by Crippen LogP contribution is -1.94. The Bertz CT molecular complexity index is 841. The molecule has 3 aromatic rings. The van der Waals surface area contributed by atoms with Crippen LogP contribution in [-0.2, 0) is 0 Å². The zero-order valence-corrected chi connectivity index (χ0v) is 13.2. The standard InChI is InChI=1S/C16H11BrN2O3/c1-9-2-3-12(8-13(9)17)15-19-18-14(22-15)10-4-6-11(7-5-10)16(20)21/h2-8H,1H3,(H,20,21). The van der Waals surface area contributed by atoms with Gasteiger partial charge in [-0.15, -0.1) is 10.2 Å². The van der Waals surface area contributed by atoms with Gasteiger partial charge in [-0.3, -0.25) is 0 Å². The van der Waals surface area contributed by atoms with E-state index in [1.165, 1.54) is 12.1 Å². The number of rotatable bonds is 3. The minimum absolute atomic E-state index is 0.214. The zero-order valence-electron chi connectivity index (χ0n) is 11.6. The molecule has 1 heterocycles. The topological polar surface area (TPSA) is 76.2 Å². The van der Waals surface area contributed by atoms with Gasteiger partial charge in [0, 0.05) is 15.6 Å². The van der Waals surface area contributed by atoms with Gasteiger partial charge in [-0.05, 0) is 48.9 Å². The predicted octanol–water partition coefficient (Wildman–Crippen LogP) is 4.17. The number of nitrogens with zero attached hydrogens (tertiary/aromatic N) is 2. The van der Waals surface area contributed by atoms with E-state index in [1.54, 1.807) is 12.1 Å². The van der Waals surface area contributed by atoms with Crippen molar-refractivity contribution in [3.63, 3.8) is 0 Å². The largest absolute Gasteiger partial charge is 0.478 e. The number of hydrogen-bond donors (Lipinski definition) is 1. The monoisotopic (exact) mass is 358 g/mol. The zero-order chi connectivity index (χ0) is 15.7. The number of carbonyl (C=O) groups is 1. The van der Waals surface area contributed by atoms with Crippen LogP contribution in [0.1, 0.15) is 15.9 Å². The molecule has 0 amide bonds. The van der Waals surface area contributed by atoms with Crippen LogP contribution in [0.4, 0.5) is 0 Å². The molecule has 0 bridgehead atoms. The molecule has 0 aliphatic rings. The molecule has 5 nitrogen and oxygen atoms in total. The maximum absolute atomic E-state index is 10.8. The third-order valence-corrected chi connectivity index (χ3v) is 4.08. The van der Waals surface area contributed by atoms with Gasteiger partial charge in [0.05, 0.1) is 5.56 Å². The molecular formula is C16H11BrN2O3. The third kappa shape index (κ3) is 2.78. The molecule has 3 rings (SSSR count). The predicted molar refractivity (Wildman–Crippen MR) is 84.6 cm³/mol. The van der Waals surface area contributed by atoms with E-state index in [-0.39, 0.29) is 5.56 Å². The quantitative estimate of drug-likeness (QED) is 0.760. The molecule has 6 heteroatoms. The van der Waals surface area contributed by atoms with Crippen molar-refractivity contribution in [3.8, 4) is 22.9 Å². The maximum atomic E-state index is 10.8. The molecule has 110 valence electrons. The van der Waals surface area contributed by atoms with Crippen molar-refractivity contribution >= 4 is 21.9 Å². The van der Waals surface area contributed by atoms with E-state index in [9.17, 15) is 4.79 Å². The second-order valence-electron chi connectivity index (χ2n) is 4.76. The van der Waals surface area contributed by atoms with Gasteiger partial charge in [0.15, 0.2) is 0 Å². The Labute approximate surface area is 134 Å². The van der Waals surface area contributed by atoms with Crippen LogP contribution in [0.25, 0.3) is 22.9 Å². The van der Waals surface area contributed by atoms with Gasteiger partial charge in [-0.25, -0.2) is 4.79 Å². The SMILES string of the molecule is Cc1ccc(-c2nnc(-c3ccc(C(=O)O)cc3)o2)cc1Br. The first-order valence-corrected chi connectivity index (χ1v) is 7.27. The molecule has 2 aromatic carbocycles. The number of carboxylic acids is 1. The first kappa shape index (κ1) is 14.5. The fourth-order valence-corrected chi connectivity index (χ4v) is 2.32. The molecule has 0 fully saturated rings. The van der Waals surface area contributed by atoms with Gasteiger partial charge >= 0.3 is 5.97 Å². The van der Waals surface area contributed by atoms with Crippen LogP contribution in [0, 0.1) is 6.92 Å². The summed E-state index contributed by atoms with van der Waals surface area (Å²) in [4.78, 5) is 10.8. The van der Waals surface area contributed by atoms with Gasteiger partial charge in [-0.1, -0.05) is 22.0 Å². The summed E-state index contributed by atoms with van der Waals surface area (Å²) < 4.78 is 6.63. The van der Waals surface area contributed by atoms with Crippen molar-refractivity contribution in [1.82, 2.24) is 10.2 Å². The van der Waals surface area contributed by atoms with Crippen molar-refractivity contribution < 1.29 is 14.3 Å². The highest BCUT2D eigenvalue weighted by Crippen LogP contribution is 2.27. The Kier molecular flexibility index (Phi) is 3.77. The Morgan fingerprint density at radius 2 is 1.64 bits per heavy atom. The lowest BCUT2D eigenvalue weighted by Gasteiger charge is -2.00. The Balaban J connectivity index is 1.93. The van der Waals surface area contributed by atoms with Crippen molar-refractivity contribution in [2.24, 2.45) is 0 Å². The Morgan fingerprint density at radius 1 is 1.05 bits per heavy atom. The highest BCUT2D eigenvalue weighted by atomic mass is 79.9. The highest BCUT2D eigenvalue weighted by Gasteiger charge is 2.12. The number of benzene rings is 2. The van der Waals surface area contributed by atoms with Crippen LogP contribution >= 0.6 is 15.9 Å². The molecule has 0 aliphatic carbocycles. The molecule has 0 saturated carbocycles. The minimum atomic E-state index is -0.970. The van der Waals surface area contributed by atoms with Gasteiger partial charge in [0.1, 0.15) is 0 Å². The highest BCUT2D eigenvalue weighted by molar-refractivity contribution is 9.10. The molecule has 0 atom stereocenters. The van der Waals surface area contributed by atoms with Crippen LogP contribution < -0.4 is 0 Å². The summed E-state index contributed by atoms with van der Waals surface area (Å²) in [6, 6.07) is 12.1. The summed E-state index contributed by atoms with van der Waals surface area (Å²) in [5.74, 6) is -0.205. The lowest BCUT2D eigenvalue weighted by molar-refractivity contribution is 0.0697. The first-order valence-electron chi connectivity index (χ1n) is 6.48. The first-order chi connectivity index (χ1) is 10.5. The number of aryl methyl sites for hydroxylation is 1. The molecule has 0 unspecified atom stereocenters. The van der Waals surface area contributed by atoms with E-state index in [1.807, 2.05) is 25.1 Å². The number of aromatic carboxylic acids is 1. The molecule has 0 aliphatic heterocycles. The van der Waals surface area contributed by atoms with E-state index in [4.69, 9.17) is 9.52 Å².